The maximum absolute atomic E-state index is 12.7. The highest BCUT2D eigenvalue weighted by Gasteiger charge is 2.35. The molecule has 3 heterocycles. The Morgan fingerprint density at radius 2 is 2.12 bits per heavy atom. The molecule has 1 amide bonds. The number of rotatable bonds is 4. The van der Waals surface area contributed by atoms with Gasteiger partial charge in [-0.15, -0.1) is 0 Å². The highest BCUT2D eigenvalue weighted by molar-refractivity contribution is 5.76. The van der Waals surface area contributed by atoms with Crippen molar-refractivity contribution >= 4 is 5.91 Å². The number of carbonyl (C=O) groups is 1. The summed E-state index contributed by atoms with van der Waals surface area (Å²) in [5, 5.41) is 8.49. The lowest BCUT2D eigenvalue weighted by Crippen LogP contribution is -2.50. The molecule has 4 rings (SSSR count). The van der Waals surface area contributed by atoms with Crippen molar-refractivity contribution in [1.82, 2.24) is 29.7 Å². The fourth-order valence-electron chi connectivity index (χ4n) is 3.32. The normalized spacial score (nSPS) is 21.7. The maximum Gasteiger partial charge on any atom is 0.245 e. The predicted molar refractivity (Wildman–Crippen MR) is 89.9 cm³/mol. The van der Waals surface area contributed by atoms with Gasteiger partial charge in [0, 0.05) is 31.2 Å². The van der Waals surface area contributed by atoms with Gasteiger partial charge in [-0.05, 0) is 39.8 Å². The van der Waals surface area contributed by atoms with Crippen LogP contribution in [0.1, 0.15) is 47.9 Å². The van der Waals surface area contributed by atoms with E-state index in [1.807, 2.05) is 31.9 Å². The van der Waals surface area contributed by atoms with E-state index in [-0.39, 0.29) is 18.5 Å². The largest absolute Gasteiger partial charge is 0.338 e. The molecule has 0 bridgehead atoms. The van der Waals surface area contributed by atoms with Gasteiger partial charge in [0.1, 0.15) is 12.6 Å². The standard InChI is InChI=1S/C17H24N6O2/c1-11-8-12(2)23(19-11)10-15(24)22-7-6-21(3)14(9-22)17-18-16(20-25-17)13-4-5-13/h8,13-14H,4-7,9-10H2,1-3H3. The minimum Gasteiger partial charge on any atom is -0.338 e. The molecule has 1 saturated carbocycles. The molecule has 0 spiro atoms. The number of carbonyl (C=O) groups excluding carboxylic acids is 1. The Morgan fingerprint density at radius 1 is 1.32 bits per heavy atom. The van der Waals surface area contributed by atoms with Gasteiger partial charge in [-0.25, -0.2) is 0 Å². The zero-order valence-corrected chi connectivity index (χ0v) is 15.0. The summed E-state index contributed by atoms with van der Waals surface area (Å²) >= 11 is 0. The second-order valence-corrected chi connectivity index (χ2v) is 7.19. The fourth-order valence-corrected chi connectivity index (χ4v) is 3.32. The van der Waals surface area contributed by atoms with Crippen molar-refractivity contribution < 1.29 is 9.32 Å². The van der Waals surface area contributed by atoms with Crippen molar-refractivity contribution in [3.63, 3.8) is 0 Å². The number of amides is 1. The molecule has 2 fully saturated rings. The second-order valence-electron chi connectivity index (χ2n) is 7.19. The summed E-state index contributed by atoms with van der Waals surface area (Å²) in [7, 11) is 2.04. The number of aromatic nitrogens is 4. The van der Waals surface area contributed by atoms with Gasteiger partial charge in [-0.1, -0.05) is 5.16 Å². The Balaban J connectivity index is 1.45. The van der Waals surface area contributed by atoms with Gasteiger partial charge in [-0.2, -0.15) is 10.1 Å². The topological polar surface area (TPSA) is 80.3 Å². The third-order valence-electron chi connectivity index (χ3n) is 5.07. The van der Waals surface area contributed by atoms with E-state index in [2.05, 4.69) is 20.1 Å². The molecule has 0 aromatic carbocycles. The van der Waals surface area contributed by atoms with Gasteiger partial charge in [-0.3, -0.25) is 14.4 Å². The summed E-state index contributed by atoms with van der Waals surface area (Å²) in [6, 6.07) is 1.94. The van der Waals surface area contributed by atoms with Gasteiger partial charge in [0.25, 0.3) is 0 Å². The van der Waals surface area contributed by atoms with Crippen LogP contribution in [0.4, 0.5) is 0 Å². The Bertz CT molecular complexity index is 778. The van der Waals surface area contributed by atoms with Crippen molar-refractivity contribution in [3.05, 3.63) is 29.2 Å². The van der Waals surface area contributed by atoms with E-state index in [1.165, 1.54) is 0 Å². The van der Waals surface area contributed by atoms with Crippen molar-refractivity contribution in [3.8, 4) is 0 Å². The molecule has 1 aliphatic carbocycles. The van der Waals surface area contributed by atoms with E-state index >= 15 is 0 Å². The molecule has 25 heavy (non-hydrogen) atoms. The molecule has 134 valence electrons. The van der Waals surface area contributed by atoms with E-state index in [4.69, 9.17) is 4.52 Å². The molecule has 1 atom stereocenters. The lowest BCUT2D eigenvalue weighted by Gasteiger charge is -2.37. The second kappa shape index (κ2) is 6.25. The zero-order chi connectivity index (χ0) is 17.6. The fraction of sp³-hybridized carbons (Fsp3) is 0.647. The Labute approximate surface area is 146 Å². The lowest BCUT2D eigenvalue weighted by atomic mass is 10.1. The van der Waals surface area contributed by atoms with E-state index in [9.17, 15) is 4.79 Å². The van der Waals surface area contributed by atoms with Gasteiger partial charge < -0.3 is 9.42 Å². The average molecular weight is 344 g/mol. The summed E-state index contributed by atoms with van der Waals surface area (Å²) in [4.78, 5) is 21.3. The third kappa shape index (κ3) is 3.30. The lowest BCUT2D eigenvalue weighted by molar-refractivity contribution is -0.135. The summed E-state index contributed by atoms with van der Waals surface area (Å²) in [5.74, 6) is 1.98. The van der Waals surface area contributed by atoms with Gasteiger partial charge in [0.2, 0.25) is 11.8 Å². The van der Waals surface area contributed by atoms with Crippen LogP contribution in [0.2, 0.25) is 0 Å². The summed E-state index contributed by atoms with van der Waals surface area (Å²) in [6.45, 7) is 6.24. The van der Waals surface area contributed by atoms with Crippen molar-refractivity contribution in [2.24, 2.45) is 0 Å². The average Bonchev–Trinajstić information content (AvgIpc) is 3.23. The van der Waals surface area contributed by atoms with E-state index in [0.29, 0.717) is 24.9 Å². The van der Waals surface area contributed by atoms with Gasteiger partial charge in [0.05, 0.1) is 5.69 Å². The van der Waals surface area contributed by atoms with Crippen LogP contribution in [0.25, 0.3) is 0 Å². The number of piperazine rings is 1. The number of hydrogen-bond donors (Lipinski definition) is 0. The van der Waals surface area contributed by atoms with Crippen LogP contribution in [-0.2, 0) is 11.3 Å². The van der Waals surface area contributed by atoms with Crippen LogP contribution in [-0.4, -0.2) is 62.3 Å². The summed E-state index contributed by atoms with van der Waals surface area (Å²) in [6.07, 6.45) is 2.29. The van der Waals surface area contributed by atoms with E-state index in [0.717, 1.165) is 36.6 Å². The Hall–Kier alpha value is -2.22. The minimum absolute atomic E-state index is 0.0434. The first-order chi connectivity index (χ1) is 12.0. The highest BCUT2D eigenvalue weighted by Crippen LogP contribution is 2.38. The molecule has 2 aromatic heterocycles. The molecule has 1 saturated heterocycles. The quantitative estimate of drug-likeness (QED) is 0.831. The highest BCUT2D eigenvalue weighted by atomic mass is 16.5. The number of aryl methyl sites for hydroxylation is 2. The maximum atomic E-state index is 12.7. The zero-order valence-electron chi connectivity index (χ0n) is 15.0. The first kappa shape index (κ1) is 16.3. The molecule has 8 heteroatoms. The molecule has 8 nitrogen and oxygen atoms in total. The SMILES string of the molecule is Cc1cc(C)n(CC(=O)N2CCN(C)C(c3nc(C4CC4)no3)C2)n1. The smallest absolute Gasteiger partial charge is 0.245 e. The molecule has 2 aromatic rings. The van der Waals surface area contributed by atoms with Crippen LogP contribution in [0.3, 0.4) is 0 Å². The molecule has 2 aliphatic rings. The van der Waals surface area contributed by atoms with Crippen LogP contribution in [0.5, 0.6) is 0 Å². The third-order valence-corrected chi connectivity index (χ3v) is 5.07. The van der Waals surface area contributed by atoms with Gasteiger partial charge in [0.15, 0.2) is 5.82 Å². The van der Waals surface area contributed by atoms with Crippen LogP contribution >= 0.6 is 0 Å². The molecular weight excluding hydrogens is 320 g/mol. The van der Waals surface area contributed by atoms with E-state index in [1.54, 1.807) is 4.68 Å². The van der Waals surface area contributed by atoms with Crippen LogP contribution in [0, 0.1) is 13.8 Å². The molecule has 1 unspecified atom stereocenters. The first-order valence-corrected chi connectivity index (χ1v) is 8.84. The van der Waals surface area contributed by atoms with Crippen molar-refractivity contribution in [1.29, 1.82) is 0 Å². The number of nitrogens with zero attached hydrogens (tertiary/aromatic N) is 6. The number of hydrogen-bond acceptors (Lipinski definition) is 6. The minimum atomic E-state index is -0.0434. The van der Waals surface area contributed by atoms with Crippen LogP contribution < -0.4 is 0 Å². The number of likely N-dealkylation sites (N-methyl/N-ethyl adjacent to an activating group) is 1. The molecule has 0 radical (unpaired) electrons. The Morgan fingerprint density at radius 3 is 2.80 bits per heavy atom. The predicted octanol–water partition coefficient (Wildman–Crippen LogP) is 1.28. The first-order valence-electron chi connectivity index (χ1n) is 8.84. The van der Waals surface area contributed by atoms with Crippen LogP contribution in [0.15, 0.2) is 10.6 Å². The molecular formula is C17H24N6O2. The summed E-state index contributed by atoms with van der Waals surface area (Å²) in [5.41, 5.74) is 1.93. The summed E-state index contributed by atoms with van der Waals surface area (Å²) < 4.78 is 7.25. The Kier molecular flexibility index (Phi) is 4.07. The van der Waals surface area contributed by atoms with Gasteiger partial charge >= 0.3 is 0 Å². The monoisotopic (exact) mass is 344 g/mol. The molecule has 0 N–H and O–H groups in total. The molecule has 1 aliphatic heterocycles. The van der Waals surface area contributed by atoms with Crippen molar-refractivity contribution in [2.45, 2.75) is 45.2 Å². The van der Waals surface area contributed by atoms with Crippen molar-refractivity contribution in [2.75, 3.05) is 26.7 Å². The van der Waals surface area contributed by atoms with E-state index < -0.39 is 0 Å².